The molecule has 6 heteroatoms. The maximum absolute atomic E-state index is 11.8. The number of hydrogen-bond donors (Lipinski definition) is 2. The lowest BCUT2D eigenvalue weighted by molar-refractivity contribution is -0.137. The summed E-state index contributed by atoms with van der Waals surface area (Å²) < 4.78 is 1.01. The normalized spacial score (nSPS) is 11.8. The average molecular weight is 343 g/mol. The molecule has 110 valence electrons. The number of carboxylic acid groups (broad SMARTS) is 1. The quantitative estimate of drug-likeness (QED) is 0.834. The summed E-state index contributed by atoms with van der Waals surface area (Å²) >= 11 is 3.41. The number of urea groups is 1. The molecule has 1 aromatic rings. The number of carbonyl (C=O) groups is 2. The van der Waals surface area contributed by atoms with Crippen LogP contribution in [-0.4, -0.2) is 41.6 Å². The highest BCUT2D eigenvalue weighted by atomic mass is 79.9. The molecule has 1 aromatic carbocycles. The molecule has 0 heterocycles. The van der Waals surface area contributed by atoms with Crippen molar-refractivity contribution < 1.29 is 14.7 Å². The molecule has 0 aliphatic rings. The molecule has 0 bridgehead atoms. The van der Waals surface area contributed by atoms with E-state index < -0.39 is 5.97 Å². The van der Waals surface area contributed by atoms with E-state index >= 15 is 0 Å². The monoisotopic (exact) mass is 342 g/mol. The lowest BCUT2D eigenvalue weighted by atomic mass is 10.1. The highest BCUT2D eigenvalue weighted by molar-refractivity contribution is 9.10. The molecule has 0 radical (unpaired) electrons. The Kier molecular flexibility index (Phi) is 6.51. The van der Waals surface area contributed by atoms with Gasteiger partial charge >= 0.3 is 12.0 Å². The summed E-state index contributed by atoms with van der Waals surface area (Å²) in [7, 11) is 1.59. The number of rotatable bonds is 6. The predicted octanol–water partition coefficient (Wildman–Crippen LogP) is 2.50. The van der Waals surface area contributed by atoms with E-state index in [4.69, 9.17) is 5.11 Å². The van der Waals surface area contributed by atoms with E-state index in [1.54, 1.807) is 7.05 Å². The van der Waals surface area contributed by atoms with Crippen molar-refractivity contribution in [2.75, 3.05) is 13.6 Å². The van der Waals surface area contributed by atoms with E-state index in [1.165, 1.54) is 4.90 Å². The number of hydrogen-bond acceptors (Lipinski definition) is 2. The molecule has 1 atom stereocenters. The molecule has 0 saturated heterocycles. The number of amides is 2. The second-order valence-corrected chi connectivity index (χ2v) is 5.67. The van der Waals surface area contributed by atoms with E-state index in [0.29, 0.717) is 0 Å². The van der Waals surface area contributed by atoms with E-state index in [9.17, 15) is 9.59 Å². The number of nitrogens with one attached hydrogen (secondary N) is 1. The van der Waals surface area contributed by atoms with Crippen LogP contribution in [0.15, 0.2) is 28.7 Å². The third-order valence-corrected chi connectivity index (χ3v) is 3.30. The van der Waals surface area contributed by atoms with Gasteiger partial charge in [-0.2, -0.15) is 0 Å². The first-order chi connectivity index (χ1) is 9.38. The molecule has 5 nitrogen and oxygen atoms in total. The minimum Gasteiger partial charge on any atom is -0.481 e. The predicted molar refractivity (Wildman–Crippen MR) is 80.7 cm³/mol. The zero-order chi connectivity index (χ0) is 15.1. The summed E-state index contributed by atoms with van der Waals surface area (Å²) in [4.78, 5) is 23.7. The van der Waals surface area contributed by atoms with Crippen molar-refractivity contribution in [2.45, 2.75) is 25.8 Å². The third kappa shape index (κ3) is 6.06. The van der Waals surface area contributed by atoms with Crippen molar-refractivity contribution in [2.24, 2.45) is 0 Å². The van der Waals surface area contributed by atoms with Gasteiger partial charge in [-0.05, 0) is 31.0 Å². The van der Waals surface area contributed by atoms with Gasteiger partial charge in [-0.1, -0.05) is 28.1 Å². The zero-order valence-corrected chi connectivity index (χ0v) is 13.2. The largest absolute Gasteiger partial charge is 0.481 e. The van der Waals surface area contributed by atoms with Crippen LogP contribution in [0.2, 0.25) is 0 Å². The first kappa shape index (κ1) is 16.5. The van der Waals surface area contributed by atoms with Gasteiger partial charge in [0, 0.05) is 24.1 Å². The van der Waals surface area contributed by atoms with Crippen molar-refractivity contribution in [1.29, 1.82) is 0 Å². The van der Waals surface area contributed by atoms with Crippen LogP contribution in [0.4, 0.5) is 4.79 Å². The molecular weight excluding hydrogens is 324 g/mol. The van der Waals surface area contributed by atoms with E-state index in [-0.39, 0.29) is 25.0 Å². The van der Waals surface area contributed by atoms with Gasteiger partial charge in [0.25, 0.3) is 0 Å². The van der Waals surface area contributed by atoms with Crippen LogP contribution in [0.25, 0.3) is 0 Å². The van der Waals surface area contributed by atoms with Gasteiger partial charge in [-0.15, -0.1) is 0 Å². The molecular formula is C14H19BrN2O3. The molecule has 2 N–H and O–H groups in total. The van der Waals surface area contributed by atoms with Crippen LogP contribution >= 0.6 is 15.9 Å². The number of carboxylic acids is 1. The topological polar surface area (TPSA) is 69.6 Å². The average Bonchev–Trinajstić information content (AvgIpc) is 2.35. The van der Waals surface area contributed by atoms with E-state index in [0.717, 1.165) is 16.5 Å². The van der Waals surface area contributed by atoms with Crippen LogP contribution < -0.4 is 5.32 Å². The molecule has 0 aliphatic heterocycles. The Morgan fingerprint density at radius 2 is 2.15 bits per heavy atom. The Bertz CT molecular complexity index is 479. The first-order valence-corrected chi connectivity index (χ1v) is 7.15. The van der Waals surface area contributed by atoms with Gasteiger partial charge in [-0.25, -0.2) is 4.79 Å². The molecule has 1 unspecified atom stereocenters. The summed E-state index contributed by atoms with van der Waals surface area (Å²) in [6, 6.07) is 7.63. The molecule has 20 heavy (non-hydrogen) atoms. The molecule has 0 aliphatic carbocycles. The smallest absolute Gasteiger partial charge is 0.317 e. The Hall–Kier alpha value is -1.56. The minimum absolute atomic E-state index is 0.0240. The SMILES string of the molecule is CC(Cc1cccc(Br)c1)NC(=O)N(C)CCC(=O)O. The van der Waals surface area contributed by atoms with Crippen LogP contribution in [0.3, 0.4) is 0 Å². The number of aliphatic carboxylic acids is 1. The standard InChI is InChI=1S/C14H19BrN2O3/c1-10(8-11-4-3-5-12(15)9-11)16-14(20)17(2)7-6-13(18)19/h3-5,9-10H,6-8H2,1-2H3,(H,16,20)(H,18,19). The second-order valence-electron chi connectivity index (χ2n) is 4.75. The summed E-state index contributed by atoms with van der Waals surface area (Å²) in [6.07, 6.45) is 0.669. The first-order valence-electron chi connectivity index (χ1n) is 6.36. The molecule has 0 fully saturated rings. The molecule has 1 rings (SSSR count). The minimum atomic E-state index is -0.910. The van der Waals surface area contributed by atoms with Crippen molar-refractivity contribution in [3.05, 3.63) is 34.3 Å². The lowest BCUT2D eigenvalue weighted by Gasteiger charge is -2.21. The Morgan fingerprint density at radius 1 is 1.45 bits per heavy atom. The van der Waals surface area contributed by atoms with Crippen LogP contribution in [0.5, 0.6) is 0 Å². The fourth-order valence-electron chi connectivity index (χ4n) is 1.75. The van der Waals surface area contributed by atoms with Crippen LogP contribution in [-0.2, 0) is 11.2 Å². The fourth-order valence-corrected chi connectivity index (χ4v) is 2.20. The Balaban J connectivity index is 2.43. The second kappa shape index (κ2) is 7.89. The van der Waals surface area contributed by atoms with E-state index in [1.807, 2.05) is 31.2 Å². The number of carbonyl (C=O) groups excluding carboxylic acids is 1. The van der Waals surface area contributed by atoms with Gasteiger partial charge in [0.2, 0.25) is 0 Å². The highest BCUT2D eigenvalue weighted by Crippen LogP contribution is 2.13. The van der Waals surface area contributed by atoms with Gasteiger partial charge in [-0.3, -0.25) is 4.79 Å². The molecule has 0 spiro atoms. The van der Waals surface area contributed by atoms with Crippen LogP contribution in [0, 0.1) is 0 Å². The Labute approximate surface area is 127 Å². The summed E-state index contributed by atoms with van der Waals surface area (Å²) in [5, 5.41) is 11.4. The van der Waals surface area contributed by atoms with Gasteiger partial charge in [0.15, 0.2) is 0 Å². The Morgan fingerprint density at radius 3 is 2.75 bits per heavy atom. The maximum Gasteiger partial charge on any atom is 0.317 e. The van der Waals surface area contributed by atoms with Crippen molar-refractivity contribution >= 4 is 27.9 Å². The molecule has 0 aromatic heterocycles. The molecule has 0 saturated carbocycles. The third-order valence-electron chi connectivity index (χ3n) is 2.81. The maximum atomic E-state index is 11.8. The van der Waals surface area contributed by atoms with Gasteiger partial charge in [0.05, 0.1) is 6.42 Å². The van der Waals surface area contributed by atoms with Crippen molar-refractivity contribution in [1.82, 2.24) is 10.2 Å². The highest BCUT2D eigenvalue weighted by Gasteiger charge is 2.13. The van der Waals surface area contributed by atoms with Gasteiger partial charge in [0.1, 0.15) is 0 Å². The molecule has 2 amide bonds. The van der Waals surface area contributed by atoms with Crippen molar-refractivity contribution in [3.8, 4) is 0 Å². The van der Waals surface area contributed by atoms with Crippen LogP contribution in [0.1, 0.15) is 18.9 Å². The van der Waals surface area contributed by atoms with Crippen molar-refractivity contribution in [3.63, 3.8) is 0 Å². The number of benzene rings is 1. The summed E-state index contributed by atoms with van der Waals surface area (Å²) in [5.74, 6) is -0.910. The number of nitrogens with zero attached hydrogens (tertiary/aromatic N) is 1. The fraction of sp³-hybridized carbons (Fsp3) is 0.429. The lowest BCUT2D eigenvalue weighted by Crippen LogP contribution is -2.43. The van der Waals surface area contributed by atoms with E-state index in [2.05, 4.69) is 21.2 Å². The number of halogens is 1. The van der Waals surface area contributed by atoms with Gasteiger partial charge < -0.3 is 15.3 Å². The summed E-state index contributed by atoms with van der Waals surface area (Å²) in [6.45, 7) is 2.12. The summed E-state index contributed by atoms with van der Waals surface area (Å²) in [5.41, 5.74) is 1.13. The zero-order valence-electron chi connectivity index (χ0n) is 11.6.